The fourth-order valence-corrected chi connectivity index (χ4v) is 2.06. The highest BCUT2D eigenvalue weighted by molar-refractivity contribution is 5.91. The summed E-state index contributed by atoms with van der Waals surface area (Å²) in [6, 6.07) is 12.9. The van der Waals surface area contributed by atoms with E-state index in [4.69, 9.17) is 4.74 Å². The van der Waals surface area contributed by atoms with Gasteiger partial charge in [-0.25, -0.2) is 4.98 Å². The van der Waals surface area contributed by atoms with Crippen LogP contribution in [-0.2, 0) is 4.79 Å². The molecule has 0 spiro atoms. The molecule has 0 radical (unpaired) electrons. The molecule has 3 rings (SSSR count). The molecule has 1 amide bonds. The van der Waals surface area contributed by atoms with E-state index in [2.05, 4.69) is 10.3 Å². The van der Waals surface area contributed by atoms with Crippen molar-refractivity contribution in [3.63, 3.8) is 0 Å². The van der Waals surface area contributed by atoms with Crippen molar-refractivity contribution >= 4 is 17.2 Å². The highest BCUT2D eigenvalue weighted by atomic mass is 16.5. The maximum Gasteiger partial charge on any atom is 0.262 e. The number of imidazole rings is 1. The molecule has 0 aliphatic carbocycles. The first kappa shape index (κ1) is 13.2. The smallest absolute Gasteiger partial charge is 0.262 e. The number of pyridine rings is 1. The van der Waals surface area contributed by atoms with Crippen molar-refractivity contribution in [2.45, 2.75) is 6.92 Å². The number of nitrogens with one attached hydrogen (secondary N) is 1. The Morgan fingerprint density at radius 1 is 1.19 bits per heavy atom. The standard InChI is InChI=1S/C16H15N3O2/c1-12-9-19-10-13(7-8-15(19)17-12)18-16(20)11-21-14-5-3-2-4-6-14/h2-10H,11H2,1H3,(H,18,20). The van der Waals surface area contributed by atoms with Crippen LogP contribution in [0.25, 0.3) is 5.65 Å². The van der Waals surface area contributed by atoms with Crippen LogP contribution in [-0.4, -0.2) is 21.9 Å². The lowest BCUT2D eigenvalue weighted by molar-refractivity contribution is -0.118. The van der Waals surface area contributed by atoms with E-state index in [0.717, 1.165) is 11.3 Å². The van der Waals surface area contributed by atoms with Gasteiger partial charge in [-0.3, -0.25) is 4.79 Å². The van der Waals surface area contributed by atoms with E-state index < -0.39 is 0 Å². The van der Waals surface area contributed by atoms with Crippen LogP contribution in [0.1, 0.15) is 5.69 Å². The van der Waals surface area contributed by atoms with Crippen LogP contribution < -0.4 is 10.1 Å². The first-order valence-corrected chi connectivity index (χ1v) is 6.64. The molecule has 0 unspecified atom stereocenters. The zero-order chi connectivity index (χ0) is 14.7. The van der Waals surface area contributed by atoms with Gasteiger partial charge in [0.25, 0.3) is 5.91 Å². The SMILES string of the molecule is Cc1cn2cc(NC(=O)COc3ccccc3)ccc2n1. The summed E-state index contributed by atoms with van der Waals surface area (Å²) in [4.78, 5) is 16.2. The average Bonchev–Trinajstić information content (AvgIpc) is 2.85. The lowest BCUT2D eigenvalue weighted by Crippen LogP contribution is -2.20. The summed E-state index contributed by atoms with van der Waals surface area (Å²) in [6.45, 7) is 1.91. The topological polar surface area (TPSA) is 55.6 Å². The molecule has 21 heavy (non-hydrogen) atoms. The third-order valence-corrected chi connectivity index (χ3v) is 2.97. The lowest BCUT2D eigenvalue weighted by Gasteiger charge is -2.07. The molecule has 0 aliphatic rings. The molecule has 5 nitrogen and oxygen atoms in total. The first-order chi connectivity index (χ1) is 10.2. The number of ether oxygens (including phenoxy) is 1. The van der Waals surface area contributed by atoms with Crippen LogP contribution in [0, 0.1) is 6.92 Å². The van der Waals surface area contributed by atoms with Gasteiger partial charge in [0.15, 0.2) is 6.61 Å². The number of benzene rings is 1. The zero-order valence-electron chi connectivity index (χ0n) is 11.6. The molecule has 3 aromatic rings. The van der Waals surface area contributed by atoms with Crippen molar-refractivity contribution in [3.8, 4) is 5.75 Å². The first-order valence-electron chi connectivity index (χ1n) is 6.64. The molecule has 0 atom stereocenters. The Morgan fingerprint density at radius 2 is 2.00 bits per heavy atom. The Bertz CT molecular complexity index is 766. The van der Waals surface area contributed by atoms with Gasteiger partial charge in [-0.15, -0.1) is 0 Å². The van der Waals surface area contributed by atoms with E-state index in [1.807, 2.05) is 66.2 Å². The molecule has 0 saturated carbocycles. The second kappa shape index (κ2) is 5.66. The molecule has 1 N–H and O–H groups in total. The van der Waals surface area contributed by atoms with Crippen LogP contribution in [0.2, 0.25) is 0 Å². The fourth-order valence-electron chi connectivity index (χ4n) is 2.06. The number of nitrogens with zero attached hydrogens (tertiary/aromatic N) is 2. The molecule has 2 heterocycles. The third-order valence-electron chi connectivity index (χ3n) is 2.97. The molecule has 1 aromatic carbocycles. The average molecular weight is 281 g/mol. The van der Waals surface area contributed by atoms with Crippen LogP contribution in [0.15, 0.2) is 54.9 Å². The normalized spacial score (nSPS) is 10.5. The van der Waals surface area contributed by atoms with E-state index in [0.29, 0.717) is 11.4 Å². The monoisotopic (exact) mass is 281 g/mol. The molecule has 0 saturated heterocycles. The van der Waals surface area contributed by atoms with Gasteiger partial charge >= 0.3 is 0 Å². The molecule has 2 aromatic heterocycles. The number of anilines is 1. The number of hydrogen-bond donors (Lipinski definition) is 1. The van der Waals surface area contributed by atoms with Crippen LogP contribution in [0.5, 0.6) is 5.75 Å². The maximum absolute atomic E-state index is 11.9. The Kier molecular flexibility index (Phi) is 3.55. The van der Waals surface area contributed by atoms with Gasteiger partial charge in [-0.1, -0.05) is 18.2 Å². The van der Waals surface area contributed by atoms with Gasteiger partial charge < -0.3 is 14.5 Å². The number of hydrogen-bond acceptors (Lipinski definition) is 3. The molecule has 5 heteroatoms. The van der Waals surface area contributed by atoms with E-state index in [1.165, 1.54) is 0 Å². The Labute approximate surface area is 122 Å². The highest BCUT2D eigenvalue weighted by Gasteiger charge is 2.05. The number of aromatic nitrogens is 2. The molecule has 106 valence electrons. The van der Waals surface area contributed by atoms with Crippen molar-refractivity contribution in [1.29, 1.82) is 0 Å². The Balaban J connectivity index is 1.63. The van der Waals surface area contributed by atoms with Gasteiger partial charge in [0.2, 0.25) is 0 Å². The molecule has 0 aliphatic heterocycles. The maximum atomic E-state index is 11.9. The summed E-state index contributed by atoms with van der Waals surface area (Å²) >= 11 is 0. The van der Waals surface area contributed by atoms with Gasteiger partial charge in [-0.2, -0.15) is 0 Å². The lowest BCUT2D eigenvalue weighted by atomic mass is 10.3. The van der Waals surface area contributed by atoms with Crippen molar-refractivity contribution in [1.82, 2.24) is 9.38 Å². The van der Waals surface area contributed by atoms with Gasteiger partial charge in [0.1, 0.15) is 11.4 Å². The van der Waals surface area contributed by atoms with Gasteiger partial charge in [0.05, 0.1) is 11.4 Å². The highest BCUT2D eigenvalue weighted by Crippen LogP contribution is 2.12. The number of para-hydroxylation sites is 1. The second-order valence-electron chi connectivity index (χ2n) is 4.72. The number of carbonyl (C=O) groups is 1. The number of rotatable bonds is 4. The molecule has 0 bridgehead atoms. The summed E-state index contributed by atoms with van der Waals surface area (Å²) in [7, 11) is 0. The summed E-state index contributed by atoms with van der Waals surface area (Å²) in [5, 5.41) is 2.80. The van der Waals surface area contributed by atoms with E-state index >= 15 is 0 Å². The minimum absolute atomic E-state index is 0.0228. The van der Waals surface area contributed by atoms with Crippen LogP contribution in [0.4, 0.5) is 5.69 Å². The van der Waals surface area contributed by atoms with Crippen LogP contribution in [0.3, 0.4) is 0 Å². The van der Waals surface area contributed by atoms with E-state index in [-0.39, 0.29) is 12.5 Å². The fraction of sp³-hybridized carbons (Fsp3) is 0.125. The second-order valence-corrected chi connectivity index (χ2v) is 4.72. The van der Waals surface area contributed by atoms with Crippen molar-refractivity contribution in [2.24, 2.45) is 0 Å². The van der Waals surface area contributed by atoms with Crippen LogP contribution >= 0.6 is 0 Å². The number of fused-ring (bicyclic) bond motifs is 1. The van der Waals surface area contributed by atoms with Crippen molar-refractivity contribution < 1.29 is 9.53 Å². The minimum atomic E-state index is -0.199. The molecular formula is C16H15N3O2. The van der Waals surface area contributed by atoms with E-state index in [1.54, 1.807) is 0 Å². The number of carbonyl (C=O) groups excluding carboxylic acids is 1. The molecule has 0 fully saturated rings. The van der Waals surface area contributed by atoms with Gasteiger partial charge in [0, 0.05) is 12.4 Å². The zero-order valence-corrected chi connectivity index (χ0v) is 11.6. The quantitative estimate of drug-likeness (QED) is 0.800. The molecular weight excluding hydrogens is 266 g/mol. The van der Waals surface area contributed by atoms with E-state index in [9.17, 15) is 4.79 Å². The third kappa shape index (κ3) is 3.20. The predicted molar refractivity (Wildman–Crippen MR) is 80.5 cm³/mol. The summed E-state index contributed by atoms with van der Waals surface area (Å²) < 4.78 is 7.28. The van der Waals surface area contributed by atoms with Crippen molar-refractivity contribution in [2.75, 3.05) is 11.9 Å². The van der Waals surface area contributed by atoms with Gasteiger partial charge in [-0.05, 0) is 31.2 Å². The predicted octanol–water partition coefficient (Wildman–Crippen LogP) is 2.66. The van der Waals surface area contributed by atoms with Crippen molar-refractivity contribution in [3.05, 3.63) is 60.6 Å². The summed E-state index contributed by atoms with van der Waals surface area (Å²) in [5.41, 5.74) is 2.50. The Hall–Kier alpha value is -2.82. The number of amides is 1. The summed E-state index contributed by atoms with van der Waals surface area (Å²) in [6.07, 6.45) is 3.74. The number of aryl methyl sites for hydroxylation is 1. The Morgan fingerprint density at radius 3 is 2.81 bits per heavy atom. The summed E-state index contributed by atoms with van der Waals surface area (Å²) in [5.74, 6) is 0.475. The largest absolute Gasteiger partial charge is 0.484 e. The minimum Gasteiger partial charge on any atom is -0.484 e.